The maximum atomic E-state index is 13.7. The minimum absolute atomic E-state index is 0.174. The molecule has 0 heterocycles. The van der Waals surface area contributed by atoms with Gasteiger partial charge in [0.1, 0.15) is 5.76 Å². The van der Waals surface area contributed by atoms with Crippen LogP contribution in [-0.4, -0.2) is 19.2 Å². The van der Waals surface area contributed by atoms with E-state index in [1.807, 2.05) is 13.0 Å². The molecule has 16 heavy (non-hydrogen) atoms. The molecule has 4 heteroatoms. The number of carbonyl (C=O) groups excluding carboxylic acids is 1. The van der Waals surface area contributed by atoms with E-state index in [9.17, 15) is 9.18 Å². The Labute approximate surface area is 94.9 Å². The van der Waals surface area contributed by atoms with Crippen LogP contribution in [0.1, 0.15) is 33.1 Å². The Kier molecular flexibility index (Phi) is 5.02. The lowest BCUT2D eigenvalue weighted by Gasteiger charge is -2.17. The summed E-state index contributed by atoms with van der Waals surface area (Å²) in [6.45, 7) is 4.12. The molecule has 0 aromatic rings. The lowest BCUT2D eigenvalue weighted by Crippen LogP contribution is -2.11. The fraction of sp³-hybridized carbons (Fsp3) is 0.583. The minimum atomic E-state index is -0.898. The molecule has 0 atom stereocenters. The van der Waals surface area contributed by atoms with Gasteiger partial charge in [-0.2, -0.15) is 4.39 Å². The molecule has 0 N–H and O–H groups in total. The van der Waals surface area contributed by atoms with Crippen LogP contribution in [0.3, 0.4) is 0 Å². The Balaban J connectivity index is 2.89. The maximum Gasteiger partial charge on any atom is 0.367 e. The number of rotatable bonds is 4. The number of allylic oxidation sites excluding steroid dienone is 2. The Morgan fingerprint density at radius 2 is 2.19 bits per heavy atom. The lowest BCUT2D eigenvalue weighted by molar-refractivity contribution is -0.140. The highest BCUT2D eigenvalue weighted by Crippen LogP contribution is 2.28. The van der Waals surface area contributed by atoms with Gasteiger partial charge in [0.15, 0.2) is 0 Å². The summed E-state index contributed by atoms with van der Waals surface area (Å²) >= 11 is 0. The highest BCUT2D eigenvalue weighted by molar-refractivity contribution is 5.87. The molecule has 3 nitrogen and oxygen atoms in total. The van der Waals surface area contributed by atoms with Crippen molar-refractivity contribution in [1.82, 2.24) is 0 Å². The van der Waals surface area contributed by atoms with Gasteiger partial charge in [0.25, 0.3) is 0 Å². The van der Waals surface area contributed by atoms with E-state index in [1.165, 1.54) is 0 Å². The second-order valence-electron chi connectivity index (χ2n) is 3.41. The maximum absolute atomic E-state index is 13.7. The monoisotopic (exact) mass is 228 g/mol. The average Bonchev–Trinajstić information content (AvgIpc) is 2.29. The van der Waals surface area contributed by atoms with Gasteiger partial charge in [-0.25, -0.2) is 4.79 Å². The van der Waals surface area contributed by atoms with Crippen LogP contribution in [-0.2, 0) is 14.3 Å². The van der Waals surface area contributed by atoms with Crippen molar-refractivity contribution >= 4 is 5.97 Å². The van der Waals surface area contributed by atoms with Crippen molar-refractivity contribution in [2.45, 2.75) is 33.1 Å². The Morgan fingerprint density at radius 1 is 1.44 bits per heavy atom. The van der Waals surface area contributed by atoms with Gasteiger partial charge in [0, 0.05) is 5.57 Å². The smallest absolute Gasteiger partial charge is 0.367 e. The third-order valence-corrected chi connectivity index (χ3v) is 2.28. The number of ether oxygens (including phenoxy) is 2. The van der Waals surface area contributed by atoms with Crippen LogP contribution >= 0.6 is 0 Å². The highest BCUT2D eigenvalue weighted by atomic mass is 19.1. The predicted octanol–water partition coefficient (Wildman–Crippen LogP) is 2.88. The molecular weight excluding hydrogens is 211 g/mol. The van der Waals surface area contributed by atoms with Crippen molar-refractivity contribution in [3.8, 4) is 0 Å². The molecule has 0 unspecified atom stereocenters. The Hall–Kier alpha value is -1.32. The molecule has 0 saturated heterocycles. The highest BCUT2D eigenvalue weighted by Gasteiger charge is 2.22. The summed E-state index contributed by atoms with van der Waals surface area (Å²) in [5.74, 6) is -1.23. The fourth-order valence-corrected chi connectivity index (χ4v) is 1.60. The molecule has 0 aliphatic heterocycles. The van der Waals surface area contributed by atoms with Crippen molar-refractivity contribution in [2.24, 2.45) is 0 Å². The zero-order valence-corrected chi connectivity index (χ0v) is 9.72. The molecule has 90 valence electrons. The number of hydrogen-bond acceptors (Lipinski definition) is 3. The lowest BCUT2D eigenvalue weighted by atomic mass is 9.99. The van der Waals surface area contributed by atoms with E-state index >= 15 is 0 Å². The van der Waals surface area contributed by atoms with Crippen LogP contribution in [0.25, 0.3) is 0 Å². The standard InChI is InChI=1S/C12H17FO3/c1-3-15-10-8-6-5-7-9(10)11(13)12(14)16-4-2/h8H,3-7H2,1-2H3. The first-order valence-electron chi connectivity index (χ1n) is 5.59. The molecule has 1 rings (SSSR count). The van der Waals surface area contributed by atoms with Crippen LogP contribution in [0.4, 0.5) is 4.39 Å². The molecule has 0 saturated carbocycles. The molecule has 1 aliphatic rings. The molecule has 0 amide bonds. The molecule has 0 aromatic carbocycles. The van der Waals surface area contributed by atoms with E-state index in [-0.39, 0.29) is 6.61 Å². The summed E-state index contributed by atoms with van der Waals surface area (Å²) in [7, 11) is 0. The van der Waals surface area contributed by atoms with Crippen molar-refractivity contribution in [1.29, 1.82) is 0 Å². The zero-order chi connectivity index (χ0) is 12.0. The molecular formula is C12H17FO3. The first-order valence-corrected chi connectivity index (χ1v) is 5.59. The van der Waals surface area contributed by atoms with E-state index in [1.54, 1.807) is 6.92 Å². The topological polar surface area (TPSA) is 35.5 Å². The van der Waals surface area contributed by atoms with Gasteiger partial charge >= 0.3 is 5.97 Å². The number of carbonyl (C=O) groups is 1. The summed E-state index contributed by atoms with van der Waals surface area (Å²) in [5, 5.41) is 0. The second kappa shape index (κ2) is 6.30. The first-order chi connectivity index (χ1) is 7.70. The average molecular weight is 228 g/mol. The van der Waals surface area contributed by atoms with Crippen LogP contribution in [0.2, 0.25) is 0 Å². The van der Waals surface area contributed by atoms with E-state index in [2.05, 4.69) is 4.74 Å². The summed E-state index contributed by atoms with van der Waals surface area (Å²) < 4.78 is 23.7. The Bertz CT molecular complexity index is 318. The summed E-state index contributed by atoms with van der Waals surface area (Å²) in [4.78, 5) is 11.3. The van der Waals surface area contributed by atoms with E-state index < -0.39 is 11.8 Å². The van der Waals surface area contributed by atoms with Crippen molar-refractivity contribution in [3.05, 3.63) is 23.2 Å². The quantitative estimate of drug-likeness (QED) is 0.548. The molecule has 1 aliphatic carbocycles. The second-order valence-corrected chi connectivity index (χ2v) is 3.41. The van der Waals surface area contributed by atoms with Gasteiger partial charge < -0.3 is 9.47 Å². The van der Waals surface area contributed by atoms with E-state index in [0.717, 1.165) is 12.8 Å². The predicted molar refractivity (Wildman–Crippen MR) is 58.3 cm³/mol. The Morgan fingerprint density at radius 3 is 2.81 bits per heavy atom. The number of hydrogen-bond donors (Lipinski definition) is 0. The van der Waals surface area contributed by atoms with Crippen molar-refractivity contribution < 1.29 is 18.7 Å². The molecule has 0 fully saturated rings. The minimum Gasteiger partial charge on any atom is -0.494 e. The third kappa shape index (κ3) is 3.08. The van der Waals surface area contributed by atoms with Gasteiger partial charge in [-0.15, -0.1) is 0 Å². The molecule has 0 bridgehead atoms. The van der Waals surface area contributed by atoms with Crippen LogP contribution < -0.4 is 0 Å². The third-order valence-electron chi connectivity index (χ3n) is 2.28. The number of halogens is 1. The molecule has 0 spiro atoms. The van der Waals surface area contributed by atoms with Gasteiger partial charge in [-0.05, 0) is 39.2 Å². The summed E-state index contributed by atoms with van der Waals surface area (Å²) in [6, 6.07) is 0. The van der Waals surface area contributed by atoms with Gasteiger partial charge in [-0.1, -0.05) is 0 Å². The molecule has 0 radical (unpaired) electrons. The van der Waals surface area contributed by atoms with Gasteiger partial charge in [0.05, 0.1) is 13.2 Å². The van der Waals surface area contributed by atoms with E-state index in [4.69, 9.17) is 4.74 Å². The SMILES string of the molecule is CCOC(=O)C(F)=C1CCCC=C1OCC. The van der Waals surface area contributed by atoms with E-state index in [0.29, 0.717) is 24.4 Å². The summed E-state index contributed by atoms with van der Waals surface area (Å²) in [6.07, 6.45) is 4.03. The van der Waals surface area contributed by atoms with Gasteiger partial charge in [0.2, 0.25) is 5.83 Å². The van der Waals surface area contributed by atoms with Crippen LogP contribution in [0.5, 0.6) is 0 Å². The first kappa shape index (κ1) is 12.7. The van der Waals surface area contributed by atoms with Crippen LogP contribution in [0, 0.1) is 0 Å². The van der Waals surface area contributed by atoms with Gasteiger partial charge in [-0.3, -0.25) is 0 Å². The normalized spacial score (nSPS) is 18.8. The van der Waals surface area contributed by atoms with Crippen LogP contribution in [0.15, 0.2) is 23.2 Å². The number of esters is 1. The van der Waals surface area contributed by atoms with Crippen molar-refractivity contribution in [2.75, 3.05) is 13.2 Å². The van der Waals surface area contributed by atoms with Crippen molar-refractivity contribution in [3.63, 3.8) is 0 Å². The largest absolute Gasteiger partial charge is 0.494 e. The fourth-order valence-electron chi connectivity index (χ4n) is 1.60. The molecule has 0 aromatic heterocycles. The summed E-state index contributed by atoms with van der Waals surface area (Å²) in [5.41, 5.74) is 0.339. The zero-order valence-electron chi connectivity index (χ0n) is 9.72.